The summed E-state index contributed by atoms with van der Waals surface area (Å²) < 4.78 is 42.3. The van der Waals surface area contributed by atoms with Crippen molar-refractivity contribution in [2.24, 2.45) is 0 Å². The molecule has 0 aliphatic heterocycles. The van der Waals surface area contributed by atoms with E-state index in [0.29, 0.717) is 11.2 Å². The number of carbonyl (C=O) groups is 1. The van der Waals surface area contributed by atoms with Crippen LogP contribution in [0.25, 0.3) is 5.65 Å². The van der Waals surface area contributed by atoms with Crippen molar-refractivity contribution in [2.45, 2.75) is 38.8 Å². The molecule has 0 bridgehead atoms. The average Bonchev–Trinajstić information content (AvgIpc) is 3.01. The summed E-state index contributed by atoms with van der Waals surface area (Å²) in [5, 5.41) is 17.3. The van der Waals surface area contributed by atoms with Crippen LogP contribution in [0, 0.1) is 6.92 Å². The Balaban J connectivity index is 1.87. The number of aliphatic hydroxyl groups is 1. The first-order chi connectivity index (χ1) is 13.4. The summed E-state index contributed by atoms with van der Waals surface area (Å²) in [6.07, 6.45) is -0.133. The third kappa shape index (κ3) is 4.83. The number of halogens is 3. The number of hydrogen-bond donors (Lipinski definition) is 2. The third-order valence-corrected chi connectivity index (χ3v) is 4.16. The zero-order valence-electron chi connectivity index (χ0n) is 15.9. The Morgan fingerprint density at radius 3 is 2.45 bits per heavy atom. The number of rotatable bonds is 5. The van der Waals surface area contributed by atoms with Gasteiger partial charge >= 0.3 is 6.36 Å². The number of nitrogens with zero attached hydrogens (tertiary/aromatic N) is 3. The normalized spacial score (nSPS) is 13.3. The van der Waals surface area contributed by atoms with Crippen LogP contribution in [-0.4, -0.2) is 37.6 Å². The number of ether oxygens (including phenoxy) is 1. The summed E-state index contributed by atoms with van der Waals surface area (Å²) in [5.41, 5.74) is 0.409. The average molecular weight is 408 g/mol. The van der Waals surface area contributed by atoms with Crippen molar-refractivity contribution in [1.29, 1.82) is 0 Å². The van der Waals surface area contributed by atoms with Crippen LogP contribution < -0.4 is 10.1 Å². The molecular weight excluding hydrogens is 389 g/mol. The molecule has 0 radical (unpaired) electrons. The van der Waals surface area contributed by atoms with Crippen LogP contribution in [0.2, 0.25) is 0 Å². The summed E-state index contributed by atoms with van der Waals surface area (Å²) in [7, 11) is 0. The van der Waals surface area contributed by atoms with E-state index in [-0.39, 0.29) is 5.56 Å². The van der Waals surface area contributed by atoms with Crippen LogP contribution in [-0.2, 0) is 0 Å². The molecule has 1 aromatic carbocycles. The van der Waals surface area contributed by atoms with E-state index in [1.807, 2.05) is 6.92 Å². The molecule has 0 aliphatic rings. The smallest absolute Gasteiger partial charge is 0.406 e. The van der Waals surface area contributed by atoms with Crippen molar-refractivity contribution in [3.63, 3.8) is 0 Å². The van der Waals surface area contributed by atoms with Crippen LogP contribution in [0.1, 0.15) is 41.4 Å². The number of aromatic nitrogens is 3. The lowest BCUT2D eigenvalue weighted by atomic mass is 9.91. The maximum Gasteiger partial charge on any atom is 0.573 e. The van der Waals surface area contributed by atoms with Crippen molar-refractivity contribution in [3.05, 3.63) is 59.5 Å². The Morgan fingerprint density at radius 1 is 1.21 bits per heavy atom. The molecule has 7 nitrogen and oxygen atoms in total. The van der Waals surface area contributed by atoms with Crippen molar-refractivity contribution >= 4 is 11.6 Å². The Labute approximate surface area is 164 Å². The zero-order valence-corrected chi connectivity index (χ0v) is 15.9. The third-order valence-electron chi connectivity index (χ3n) is 4.16. The topological polar surface area (TPSA) is 88.8 Å². The highest BCUT2D eigenvalue weighted by Crippen LogP contribution is 2.29. The molecule has 2 N–H and O–H groups in total. The molecule has 2 aromatic heterocycles. The second-order valence-electron chi connectivity index (χ2n) is 7.13. The molecule has 1 atom stereocenters. The van der Waals surface area contributed by atoms with Gasteiger partial charge in [0.2, 0.25) is 0 Å². The lowest BCUT2D eigenvalue weighted by Gasteiger charge is -2.30. The monoisotopic (exact) mass is 408 g/mol. The van der Waals surface area contributed by atoms with Gasteiger partial charge in [-0.05, 0) is 44.0 Å². The minimum atomic E-state index is -4.81. The number of amides is 1. The molecule has 0 saturated carbocycles. The fourth-order valence-electron chi connectivity index (χ4n) is 2.87. The van der Waals surface area contributed by atoms with Gasteiger partial charge in [0.1, 0.15) is 11.3 Å². The molecule has 0 aliphatic carbocycles. The first kappa shape index (κ1) is 20.6. The predicted octanol–water partition coefficient (Wildman–Crippen LogP) is 3.18. The number of fused-ring (bicyclic) bond motifs is 1. The van der Waals surface area contributed by atoms with E-state index in [1.165, 1.54) is 36.7 Å². The maximum atomic E-state index is 12.8. The second-order valence-corrected chi connectivity index (χ2v) is 7.13. The molecule has 1 amide bonds. The molecule has 3 aromatic rings. The largest absolute Gasteiger partial charge is 0.573 e. The quantitative estimate of drug-likeness (QED) is 0.677. The minimum absolute atomic E-state index is 0.205. The van der Waals surface area contributed by atoms with Gasteiger partial charge in [-0.2, -0.15) is 5.10 Å². The number of hydrogen-bond acceptors (Lipinski definition) is 5. The van der Waals surface area contributed by atoms with Gasteiger partial charge in [-0.1, -0.05) is 12.1 Å². The van der Waals surface area contributed by atoms with Crippen LogP contribution in [0.5, 0.6) is 5.75 Å². The number of carbonyl (C=O) groups excluding carboxylic acids is 1. The van der Waals surface area contributed by atoms with E-state index >= 15 is 0 Å². The number of aryl methyl sites for hydroxylation is 1. The molecule has 3 rings (SSSR count). The molecule has 10 heteroatoms. The Bertz CT molecular complexity index is 1020. The first-order valence-electron chi connectivity index (χ1n) is 8.63. The molecule has 0 saturated heterocycles. The van der Waals surface area contributed by atoms with Gasteiger partial charge in [-0.15, -0.1) is 13.2 Å². The van der Waals surface area contributed by atoms with E-state index in [0.717, 1.165) is 17.7 Å². The molecule has 2 heterocycles. The van der Waals surface area contributed by atoms with Gasteiger partial charge in [-0.3, -0.25) is 4.79 Å². The summed E-state index contributed by atoms with van der Waals surface area (Å²) in [4.78, 5) is 17.0. The van der Waals surface area contributed by atoms with Gasteiger partial charge in [0.05, 0.1) is 17.8 Å². The van der Waals surface area contributed by atoms with Crippen LogP contribution in [0.4, 0.5) is 13.2 Å². The SMILES string of the molecule is Cc1cnc2c(C(=O)N[C@@H](c3ccc(OC(F)(F)F)cc3)C(C)(C)O)cnn2c1. The van der Waals surface area contributed by atoms with Gasteiger partial charge in [0, 0.05) is 12.4 Å². The maximum absolute atomic E-state index is 12.8. The van der Waals surface area contributed by atoms with E-state index in [9.17, 15) is 23.1 Å². The summed E-state index contributed by atoms with van der Waals surface area (Å²) in [6.45, 7) is 4.80. The summed E-state index contributed by atoms with van der Waals surface area (Å²) in [5.74, 6) is -0.927. The van der Waals surface area contributed by atoms with Gasteiger partial charge < -0.3 is 15.2 Å². The number of benzene rings is 1. The van der Waals surface area contributed by atoms with Gasteiger partial charge in [0.25, 0.3) is 5.91 Å². The molecule has 0 spiro atoms. The van der Waals surface area contributed by atoms with Gasteiger partial charge in [0.15, 0.2) is 5.65 Å². The lowest BCUT2D eigenvalue weighted by molar-refractivity contribution is -0.274. The number of nitrogens with one attached hydrogen (secondary N) is 1. The van der Waals surface area contributed by atoms with Gasteiger partial charge in [-0.25, -0.2) is 9.50 Å². The van der Waals surface area contributed by atoms with Crippen molar-refractivity contribution in [2.75, 3.05) is 0 Å². The van der Waals surface area contributed by atoms with Crippen molar-refractivity contribution in [1.82, 2.24) is 19.9 Å². The van der Waals surface area contributed by atoms with Crippen LogP contribution in [0.3, 0.4) is 0 Å². The highest BCUT2D eigenvalue weighted by atomic mass is 19.4. The molecule has 0 unspecified atom stereocenters. The molecule has 0 fully saturated rings. The van der Waals surface area contributed by atoms with E-state index < -0.39 is 29.7 Å². The molecular formula is C19H19F3N4O3. The van der Waals surface area contributed by atoms with Crippen LogP contribution in [0.15, 0.2) is 42.9 Å². The lowest BCUT2D eigenvalue weighted by Crippen LogP contribution is -2.42. The highest BCUT2D eigenvalue weighted by Gasteiger charge is 2.33. The summed E-state index contributed by atoms with van der Waals surface area (Å²) in [6, 6.07) is 4.03. The van der Waals surface area contributed by atoms with E-state index in [4.69, 9.17) is 0 Å². The fourth-order valence-corrected chi connectivity index (χ4v) is 2.87. The fraction of sp³-hybridized carbons (Fsp3) is 0.316. The second kappa shape index (κ2) is 7.36. The van der Waals surface area contributed by atoms with Crippen molar-refractivity contribution < 1.29 is 27.8 Å². The summed E-state index contributed by atoms with van der Waals surface area (Å²) >= 11 is 0. The minimum Gasteiger partial charge on any atom is -0.406 e. The standard InChI is InChI=1S/C19H19F3N4O3/c1-11-8-23-16-14(9-24-26(16)10-11)17(27)25-15(18(2,3)28)12-4-6-13(7-5-12)29-19(20,21)22/h4-10,15,28H,1-3H3,(H,25,27)/t15-/m0/s1. The zero-order chi connectivity index (χ0) is 21.4. The number of alkyl halides is 3. The van der Waals surface area contributed by atoms with E-state index in [1.54, 1.807) is 12.4 Å². The van der Waals surface area contributed by atoms with Crippen molar-refractivity contribution in [3.8, 4) is 5.75 Å². The highest BCUT2D eigenvalue weighted by molar-refractivity contribution is 5.99. The molecule has 29 heavy (non-hydrogen) atoms. The van der Waals surface area contributed by atoms with Crippen LogP contribution >= 0.6 is 0 Å². The Morgan fingerprint density at radius 2 is 1.86 bits per heavy atom. The Kier molecular flexibility index (Phi) is 5.22. The first-order valence-corrected chi connectivity index (χ1v) is 8.63. The van der Waals surface area contributed by atoms with E-state index in [2.05, 4.69) is 20.1 Å². The molecule has 154 valence electrons. The predicted molar refractivity (Wildman–Crippen MR) is 97.4 cm³/mol. The Hall–Kier alpha value is -3.14.